The average molecular weight is 397 g/mol. The molecule has 0 spiro atoms. The standard InChI is InChI=1S/C19H27BCl2N2O2/c20-9-2-1-8-19(23,18(25)26)15-4-3-10-24(11-7-15)13-14-5-6-16(21)17(22)12-14/h5-6,12,15H,1-4,7-11,13,23H2,(H,25,26). The summed E-state index contributed by atoms with van der Waals surface area (Å²) >= 11 is 12.1. The summed E-state index contributed by atoms with van der Waals surface area (Å²) in [4.78, 5) is 14.2. The fourth-order valence-electron chi connectivity index (χ4n) is 3.77. The highest BCUT2D eigenvalue weighted by molar-refractivity contribution is 6.42. The van der Waals surface area contributed by atoms with Gasteiger partial charge in [0.1, 0.15) is 5.54 Å². The summed E-state index contributed by atoms with van der Waals surface area (Å²) in [5.41, 5.74) is 6.32. The van der Waals surface area contributed by atoms with Gasteiger partial charge >= 0.3 is 5.97 Å². The van der Waals surface area contributed by atoms with Crippen LogP contribution in [0.3, 0.4) is 0 Å². The molecule has 7 heteroatoms. The van der Waals surface area contributed by atoms with Gasteiger partial charge in [-0.25, -0.2) is 0 Å². The number of rotatable bonds is 8. The van der Waals surface area contributed by atoms with Crippen LogP contribution < -0.4 is 5.73 Å². The van der Waals surface area contributed by atoms with E-state index >= 15 is 0 Å². The third-order valence-electron chi connectivity index (χ3n) is 5.38. The van der Waals surface area contributed by atoms with Crippen molar-refractivity contribution in [2.75, 3.05) is 13.1 Å². The molecular weight excluding hydrogens is 370 g/mol. The number of aliphatic carboxylic acids is 1. The van der Waals surface area contributed by atoms with E-state index in [9.17, 15) is 9.90 Å². The molecule has 2 unspecified atom stereocenters. The van der Waals surface area contributed by atoms with Gasteiger partial charge in [0.2, 0.25) is 0 Å². The zero-order valence-corrected chi connectivity index (χ0v) is 16.6. The molecule has 2 radical (unpaired) electrons. The lowest BCUT2D eigenvalue weighted by atomic mass is 9.76. The van der Waals surface area contributed by atoms with Crippen LogP contribution in [0.2, 0.25) is 16.4 Å². The van der Waals surface area contributed by atoms with Crippen LogP contribution in [0.1, 0.15) is 44.1 Å². The monoisotopic (exact) mass is 396 g/mol. The lowest BCUT2D eigenvalue weighted by Crippen LogP contribution is -2.54. The Morgan fingerprint density at radius 3 is 2.69 bits per heavy atom. The molecule has 142 valence electrons. The number of carbonyl (C=O) groups is 1. The molecule has 1 fully saturated rings. The Morgan fingerprint density at radius 1 is 1.27 bits per heavy atom. The summed E-state index contributed by atoms with van der Waals surface area (Å²) in [6, 6.07) is 5.68. The fourth-order valence-corrected chi connectivity index (χ4v) is 4.09. The van der Waals surface area contributed by atoms with Gasteiger partial charge in [-0.05, 0) is 62.4 Å². The molecule has 1 saturated heterocycles. The largest absolute Gasteiger partial charge is 0.480 e. The predicted octanol–water partition coefficient (Wildman–Crippen LogP) is 4.13. The summed E-state index contributed by atoms with van der Waals surface area (Å²) in [5, 5.41) is 10.8. The number of benzene rings is 1. The molecule has 4 nitrogen and oxygen atoms in total. The number of carboxylic acids is 1. The molecule has 0 amide bonds. The number of nitrogens with zero attached hydrogens (tertiary/aromatic N) is 1. The second-order valence-electron chi connectivity index (χ2n) is 7.24. The quantitative estimate of drug-likeness (QED) is 0.512. The van der Waals surface area contributed by atoms with E-state index in [1.165, 1.54) is 0 Å². The number of halogens is 2. The van der Waals surface area contributed by atoms with Crippen molar-refractivity contribution in [1.82, 2.24) is 4.90 Å². The Bertz CT molecular complexity index is 617. The molecular formula is C19H27BCl2N2O2. The molecule has 26 heavy (non-hydrogen) atoms. The van der Waals surface area contributed by atoms with E-state index in [0.29, 0.717) is 22.8 Å². The first-order valence-electron chi connectivity index (χ1n) is 9.25. The van der Waals surface area contributed by atoms with Crippen molar-refractivity contribution in [2.45, 2.75) is 56.9 Å². The van der Waals surface area contributed by atoms with Crippen LogP contribution in [0.15, 0.2) is 18.2 Å². The number of hydrogen-bond acceptors (Lipinski definition) is 3. The Morgan fingerprint density at radius 2 is 2.04 bits per heavy atom. The smallest absolute Gasteiger partial charge is 0.323 e. The maximum atomic E-state index is 11.9. The molecule has 0 aliphatic carbocycles. The fraction of sp³-hybridized carbons (Fsp3) is 0.632. The van der Waals surface area contributed by atoms with Gasteiger partial charge in [-0.3, -0.25) is 9.69 Å². The zero-order chi connectivity index (χ0) is 19.2. The van der Waals surface area contributed by atoms with Crippen LogP contribution in [0.25, 0.3) is 0 Å². The van der Waals surface area contributed by atoms with Crippen LogP contribution in [-0.2, 0) is 11.3 Å². The molecule has 1 heterocycles. The maximum absolute atomic E-state index is 11.9. The molecule has 3 N–H and O–H groups in total. The number of hydrogen-bond donors (Lipinski definition) is 2. The summed E-state index contributed by atoms with van der Waals surface area (Å²) in [7, 11) is 5.54. The van der Waals surface area contributed by atoms with Crippen LogP contribution in [-0.4, -0.2) is 42.5 Å². The molecule has 1 aliphatic heterocycles. The molecule has 2 atom stereocenters. The summed E-state index contributed by atoms with van der Waals surface area (Å²) in [6.45, 7) is 2.53. The first-order chi connectivity index (χ1) is 12.4. The minimum Gasteiger partial charge on any atom is -0.480 e. The van der Waals surface area contributed by atoms with Crippen molar-refractivity contribution in [3.63, 3.8) is 0 Å². The van der Waals surface area contributed by atoms with Gasteiger partial charge in [-0.2, -0.15) is 0 Å². The normalized spacial score (nSPS) is 21.1. The Balaban J connectivity index is 1.99. The molecule has 0 saturated carbocycles. The summed E-state index contributed by atoms with van der Waals surface area (Å²) < 4.78 is 0. The number of unbranched alkanes of at least 4 members (excludes halogenated alkanes) is 1. The maximum Gasteiger partial charge on any atom is 0.323 e. The van der Waals surface area contributed by atoms with Crippen LogP contribution in [0, 0.1) is 5.92 Å². The SMILES string of the molecule is [B]CCCCC(N)(C(=O)O)C1CCCN(Cc2ccc(Cl)c(Cl)c2)CC1. The van der Waals surface area contributed by atoms with Crippen molar-refractivity contribution in [3.8, 4) is 0 Å². The highest BCUT2D eigenvalue weighted by atomic mass is 35.5. The Kier molecular flexibility index (Phi) is 8.27. The minimum absolute atomic E-state index is 0.0171. The number of nitrogens with two attached hydrogens (primary N) is 1. The predicted molar refractivity (Wildman–Crippen MR) is 108 cm³/mol. The highest BCUT2D eigenvalue weighted by Gasteiger charge is 2.41. The van der Waals surface area contributed by atoms with Gasteiger partial charge in [0.05, 0.1) is 17.9 Å². The van der Waals surface area contributed by atoms with Crippen molar-refractivity contribution in [3.05, 3.63) is 33.8 Å². The third-order valence-corrected chi connectivity index (χ3v) is 6.12. The van der Waals surface area contributed by atoms with Crippen molar-refractivity contribution < 1.29 is 9.90 Å². The second-order valence-corrected chi connectivity index (χ2v) is 8.06. The second kappa shape index (κ2) is 9.98. The summed E-state index contributed by atoms with van der Waals surface area (Å²) in [6.07, 6.45) is 5.17. The molecule has 1 aliphatic rings. The van der Waals surface area contributed by atoms with Gasteiger partial charge in [0.15, 0.2) is 0 Å². The molecule has 0 aromatic heterocycles. The van der Waals surface area contributed by atoms with Crippen LogP contribution in [0.5, 0.6) is 0 Å². The van der Waals surface area contributed by atoms with E-state index in [1.807, 2.05) is 18.2 Å². The van der Waals surface area contributed by atoms with Crippen molar-refractivity contribution in [1.29, 1.82) is 0 Å². The van der Waals surface area contributed by atoms with E-state index in [4.69, 9.17) is 36.8 Å². The van der Waals surface area contributed by atoms with Gasteiger partial charge < -0.3 is 10.8 Å². The molecule has 1 aromatic rings. The third kappa shape index (κ3) is 5.62. The molecule has 0 bridgehead atoms. The van der Waals surface area contributed by atoms with Gasteiger partial charge in [-0.1, -0.05) is 48.4 Å². The average Bonchev–Trinajstić information content (AvgIpc) is 2.84. The number of carboxylic acid groups (broad SMARTS) is 1. The van der Waals surface area contributed by atoms with E-state index in [2.05, 4.69) is 4.90 Å². The van der Waals surface area contributed by atoms with E-state index in [-0.39, 0.29) is 5.92 Å². The Hall–Kier alpha value is -0.745. The van der Waals surface area contributed by atoms with E-state index in [0.717, 1.165) is 57.3 Å². The topological polar surface area (TPSA) is 66.6 Å². The van der Waals surface area contributed by atoms with Crippen molar-refractivity contribution >= 4 is 37.0 Å². The molecule has 2 rings (SSSR count). The highest BCUT2D eigenvalue weighted by Crippen LogP contribution is 2.32. The van der Waals surface area contributed by atoms with Gasteiger partial charge in [0, 0.05) is 6.54 Å². The lowest BCUT2D eigenvalue weighted by Gasteiger charge is -2.33. The van der Waals surface area contributed by atoms with Crippen LogP contribution in [0.4, 0.5) is 0 Å². The zero-order valence-electron chi connectivity index (χ0n) is 15.1. The van der Waals surface area contributed by atoms with E-state index in [1.54, 1.807) is 0 Å². The van der Waals surface area contributed by atoms with Gasteiger partial charge in [0.25, 0.3) is 0 Å². The first kappa shape index (κ1) is 21.6. The van der Waals surface area contributed by atoms with Crippen LogP contribution >= 0.6 is 23.2 Å². The Labute approximate surface area is 167 Å². The lowest BCUT2D eigenvalue weighted by molar-refractivity contribution is -0.146. The first-order valence-corrected chi connectivity index (χ1v) is 10.0. The van der Waals surface area contributed by atoms with E-state index < -0.39 is 11.5 Å². The minimum atomic E-state index is -1.16. The summed E-state index contributed by atoms with van der Waals surface area (Å²) in [5.74, 6) is -0.908. The molecule has 1 aromatic carbocycles. The van der Waals surface area contributed by atoms with Gasteiger partial charge in [-0.15, -0.1) is 0 Å². The van der Waals surface area contributed by atoms with Crippen molar-refractivity contribution in [2.24, 2.45) is 11.7 Å². The number of likely N-dealkylation sites (tertiary alicyclic amines) is 1.